The fourth-order valence-electron chi connectivity index (χ4n) is 4.32. The topological polar surface area (TPSA) is 43.3 Å². The van der Waals surface area contributed by atoms with E-state index in [9.17, 15) is 0 Å². The molecule has 25 heavy (non-hydrogen) atoms. The van der Waals surface area contributed by atoms with Gasteiger partial charge in [0.25, 0.3) is 0 Å². The summed E-state index contributed by atoms with van der Waals surface area (Å²) in [6.07, 6.45) is 3.98. The van der Waals surface area contributed by atoms with Crippen LogP contribution in [0.3, 0.4) is 0 Å². The van der Waals surface area contributed by atoms with Crippen molar-refractivity contribution in [1.82, 2.24) is 20.0 Å². The molecule has 2 unspecified atom stereocenters. The first-order valence-corrected chi connectivity index (χ1v) is 9.76. The lowest BCUT2D eigenvalue weighted by atomic mass is 10.0. The van der Waals surface area contributed by atoms with Gasteiger partial charge in [0.15, 0.2) is 5.96 Å². The Labute approximate surface area is 170 Å². The van der Waals surface area contributed by atoms with Crippen molar-refractivity contribution in [1.29, 1.82) is 0 Å². The molecular formula is C18H36IN5O. The van der Waals surface area contributed by atoms with Crippen LogP contribution in [0, 0.1) is 5.92 Å². The molecule has 2 atom stereocenters. The SMILES string of the molecule is CN=C(NCCN1CCCC(C)C1)N1CCC(N2CCOCC2)C1.I. The second-order valence-electron chi connectivity index (χ2n) is 7.56. The van der Waals surface area contributed by atoms with Gasteiger partial charge in [-0.25, -0.2) is 0 Å². The molecule has 3 aliphatic heterocycles. The van der Waals surface area contributed by atoms with E-state index in [1.54, 1.807) is 0 Å². The van der Waals surface area contributed by atoms with E-state index < -0.39 is 0 Å². The molecule has 3 fully saturated rings. The van der Waals surface area contributed by atoms with Crippen molar-refractivity contribution in [3.05, 3.63) is 0 Å². The van der Waals surface area contributed by atoms with E-state index in [1.165, 1.54) is 32.4 Å². The van der Waals surface area contributed by atoms with Crippen LogP contribution in [0.1, 0.15) is 26.2 Å². The third kappa shape index (κ3) is 6.22. The fraction of sp³-hybridized carbons (Fsp3) is 0.944. The Kier molecular flexibility index (Phi) is 9.23. The molecule has 0 amide bonds. The molecule has 0 bridgehead atoms. The maximum atomic E-state index is 5.48. The van der Waals surface area contributed by atoms with Gasteiger partial charge >= 0.3 is 0 Å². The van der Waals surface area contributed by atoms with Crippen molar-refractivity contribution in [3.63, 3.8) is 0 Å². The van der Waals surface area contributed by atoms with Crippen molar-refractivity contribution >= 4 is 29.9 Å². The summed E-state index contributed by atoms with van der Waals surface area (Å²) in [5, 5.41) is 3.59. The molecule has 0 spiro atoms. The Morgan fingerprint density at radius 3 is 2.64 bits per heavy atom. The maximum absolute atomic E-state index is 5.48. The Balaban J connectivity index is 0.00000225. The van der Waals surface area contributed by atoms with Crippen LogP contribution in [-0.2, 0) is 4.74 Å². The Hall–Kier alpha value is -0.120. The number of nitrogens with one attached hydrogen (secondary N) is 1. The summed E-state index contributed by atoms with van der Waals surface area (Å²) in [5.41, 5.74) is 0. The third-order valence-corrected chi connectivity index (χ3v) is 5.69. The molecule has 0 aromatic rings. The number of aliphatic imine (C=N–C) groups is 1. The van der Waals surface area contributed by atoms with Gasteiger partial charge in [-0.05, 0) is 31.7 Å². The van der Waals surface area contributed by atoms with Gasteiger partial charge in [0.05, 0.1) is 13.2 Å². The largest absolute Gasteiger partial charge is 0.379 e. The summed E-state index contributed by atoms with van der Waals surface area (Å²) in [5.74, 6) is 1.93. The quantitative estimate of drug-likeness (QED) is 0.386. The third-order valence-electron chi connectivity index (χ3n) is 5.69. The first-order chi connectivity index (χ1) is 11.8. The molecule has 1 N–H and O–H groups in total. The lowest BCUT2D eigenvalue weighted by Crippen LogP contribution is -2.48. The van der Waals surface area contributed by atoms with Crippen LogP contribution < -0.4 is 5.32 Å². The number of guanidine groups is 1. The predicted molar refractivity (Wildman–Crippen MR) is 114 cm³/mol. The van der Waals surface area contributed by atoms with Gasteiger partial charge in [-0.1, -0.05) is 6.92 Å². The molecule has 3 aliphatic rings. The summed E-state index contributed by atoms with van der Waals surface area (Å²) >= 11 is 0. The normalized spacial score (nSPS) is 29.5. The average molecular weight is 465 g/mol. The minimum Gasteiger partial charge on any atom is -0.379 e. The molecule has 0 aromatic heterocycles. The van der Waals surface area contributed by atoms with Gasteiger partial charge in [0.1, 0.15) is 0 Å². The summed E-state index contributed by atoms with van der Waals surface area (Å²) in [6, 6.07) is 0.662. The zero-order valence-corrected chi connectivity index (χ0v) is 18.3. The van der Waals surface area contributed by atoms with Gasteiger partial charge in [-0.2, -0.15) is 0 Å². The van der Waals surface area contributed by atoms with E-state index in [1.807, 2.05) is 7.05 Å². The van der Waals surface area contributed by atoms with Gasteiger partial charge in [-0.3, -0.25) is 9.89 Å². The van der Waals surface area contributed by atoms with E-state index in [4.69, 9.17) is 4.74 Å². The number of morpholine rings is 1. The maximum Gasteiger partial charge on any atom is 0.193 e. The molecular weight excluding hydrogens is 429 g/mol. The molecule has 3 saturated heterocycles. The minimum atomic E-state index is 0. The summed E-state index contributed by atoms with van der Waals surface area (Å²) in [4.78, 5) is 12.1. The lowest BCUT2D eigenvalue weighted by Gasteiger charge is -2.33. The highest BCUT2D eigenvalue weighted by atomic mass is 127. The highest BCUT2D eigenvalue weighted by Crippen LogP contribution is 2.17. The molecule has 0 radical (unpaired) electrons. The van der Waals surface area contributed by atoms with Crippen LogP contribution in [0.2, 0.25) is 0 Å². The van der Waals surface area contributed by atoms with Crippen molar-refractivity contribution in [2.24, 2.45) is 10.9 Å². The van der Waals surface area contributed by atoms with Crippen LogP contribution in [0.5, 0.6) is 0 Å². The molecule has 3 rings (SSSR count). The number of rotatable bonds is 4. The van der Waals surface area contributed by atoms with E-state index in [-0.39, 0.29) is 24.0 Å². The zero-order chi connectivity index (χ0) is 16.8. The predicted octanol–water partition coefficient (Wildman–Crippen LogP) is 1.32. The van der Waals surface area contributed by atoms with Crippen molar-refractivity contribution in [2.75, 3.05) is 72.6 Å². The van der Waals surface area contributed by atoms with Crippen LogP contribution in [-0.4, -0.2) is 99.3 Å². The van der Waals surface area contributed by atoms with Gasteiger partial charge < -0.3 is 19.9 Å². The summed E-state index contributed by atoms with van der Waals surface area (Å²) < 4.78 is 5.48. The molecule has 6 nitrogen and oxygen atoms in total. The Morgan fingerprint density at radius 2 is 1.92 bits per heavy atom. The van der Waals surface area contributed by atoms with Gasteiger partial charge in [0, 0.05) is 58.9 Å². The standard InChI is InChI=1S/C18H35N5O.HI/c1-16-4-3-7-21(14-16)9-6-20-18(19-2)23-8-5-17(15-23)22-10-12-24-13-11-22;/h16-17H,3-15H2,1-2H3,(H,19,20);1H. The summed E-state index contributed by atoms with van der Waals surface area (Å²) in [6.45, 7) is 13.2. The first-order valence-electron chi connectivity index (χ1n) is 9.76. The molecule has 0 aromatic carbocycles. The number of hydrogen-bond acceptors (Lipinski definition) is 4. The van der Waals surface area contributed by atoms with Crippen molar-refractivity contribution < 1.29 is 4.74 Å². The van der Waals surface area contributed by atoms with Crippen LogP contribution in [0.15, 0.2) is 4.99 Å². The molecule has 0 saturated carbocycles. The number of likely N-dealkylation sites (tertiary alicyclic amines) is 2. The summed E-state index contributed by atoms with van der Waals surface area (Å²) in [7, 11) is 1.91. The van der Waals surface area contributed by atoms with Crippen molar-refractivity contribution in [3.8, 4) is 0 Å². The number of halogens is 1. The monoisotopic (exact) mass is 465 g/mol. The van der Waals surface area contributed by atoms with E-state index in [0.717, 1.165) is 64.4 Å². The molecule has 7 heteroatoms. The number of ether oxygens (including phenoxy) is 1. The van der Waals surface area contributed by atoms with Crippen LogP contribution in [0.25, 0.3) is 0 Å². The fourth-order valence-corrected chi connectivity index (χ4v) is 4.32. The second-order valence-corrected chi connectivity index (χ2v) is 7.56. The van der Waals surface area contributed by atoms with Gasteiger partial charge in [-0.15, -0.1) is 24.0 Å². The lowest BCUT2D eigenvalue weighted by molar-refractivity contribution is 0.0195. The number of nitrogens with zero attached hydrogens (tertiary/aromatic N) is 4. The highest BCUT2D eigenvalue weighted by Gasteiger charge is 2.30. The Bertz CT molecular complexity index is 416. The second kappa shape index (κ2) is 10.9. The van der Waals surface area contributed by atoms with E-state index in [0.29, 0.717) is 6.04 Å². The molecule has 3 heterocycles. The highest BCUT2D eigenvalue weighted by molar-refractivity contribution is 14.0. The van der Waals surface area contributed by atoms with E-state index in [2.05, 4.69) is 31.9 Å². The first kappa shape index (κ1) is 21.2. The average Bonchev–Trinajstić information content (AvgIpc) is 3.09. The van der Waals surface area contributed by atoms with Gasteiger partial charge in [0.2, 0.25) is 0 Å². The molecule has 146 valence electrons. The van der Waals surface area contributed by atoms with Crippen LogP contribution >= 0.6 is 24.0 Å². The smallest absolute Gasteiger partial charge is 0.193 e. The Morgan fingerprint density at radius 1 is 1.12 bits per heavy atom. The molecule has 0 aliphatic carbocycles. The van der Waals surface area contributed by atoms with E-state index >= 15 is 0 Å². The zero-order valence-electron chi connectivity index (χ0n) is 16.0. The van der Waals surface area contributed by atoms with Crippen LogP contribution in [0.4, 0.5) is 0 Å². The minimum absolute atomic E-state index is 0. The van der Waals surface area contributed by atoms with Crippen molar-refractivity contribution in [2.45, 2.75) is 32.2 Å². The number of piperidine rings is 1. The number of hydrogen-bond donors (Lipinski definition) is 1.